The van der Waals surface area contributed by atoms with Crippen LogP contribution in [0.5, 0.6) is 0 Å². The number of hydrogen-bond acceptors (Lipinski definition) is 3. The van der Waals surface area contributed by atoms with Gasteiger partial charge in [-0.1, -0.05) is 11.6 Å². The van der Waals surface area contributed by atoms with Gasteiger partial charge in [0, 0.05) is 6.04 Å². The molecule has 1 fully saturated rings. The largest absolute Gasteiger partial charge is 0.393 e. The lowest BCUT2D eigenvalue weighted by Gasteiger charge is -2.31. The zero-order valence-corrected chi connectivity index (χ0v) is 8.94. The summed E-state index contributed by atoms with van der Waals surface area (Å²) in [5, 5.41) is 14.1. The van der Waals surface area contributed by atoms with Crippen LogP contribution < -0.4 is 5.32 Å². The SMILES string of the molecule is O=C(NC1CC(O)C1)c1sccc1Cl. The third kappa shape index (κ3) is 1.92. The van der Waals surface area contributed by atoms with Gasteiger partial charge in [0.15, 0.2) is 0 Å². The average molecular weight is 232 g/mol. The summed E-state index contributed by atoms with van der Waals surface area (Å²) in [6.45, 7) is 0. The van der Waals surface area contributed by atoms with Gasteiger partial charge in [-0.15, -0.1) is 11.3 Å². The maximum atomic E-state index is 11.6. The van der Waals surface area contributed by atoms with Crippen molar-refractivity contribution in [2.75, 3.05) is 0 Å². The first-order chi connectivity index (χ1) is 6.66. The second-order valence-electron chi connectivity index (χ2n) is 3.39. The van der Waals surface area contributed by atoms with Crippen LogP contribution in [0.25, 0.3) is 0 Å². The quantitative estimate of drug-likeness (QED) is 0.813. The molecular formula is C9H10ClNO2S. The van der Waals surface area contributed by atoms with Crippen molar-refractivity contribution in [1.29, 1.82) is 0 Å². The van der Waals surface area contributed by atoms with E-state index in [1.165, 1.54) is 11.3 Å². The highest BCUT2D eigenvalue weighted by molar-refractivity contribution is 7.12. The number of halogens is 1. The van der Waals surface area contributed by atoms with Gasteiger partial charge in [-0.25, -0.2) is 0 Å². The first-order valence-electron chi connectivity index (χ1n) is 4.38. The molecule has 2 rings (SSSR count). The molecule has 5 heteroatoms. The Balaban J connectivity index is 1.93. The third-order valence-corrected chi connectivity index (χ3v) is 3.61. The summed E-state index contributed by atoms with van der Waals surface area (Å²) in [6, 6.07) is 1.81. The highest BCUT2D eigenvalue weighted by Gasteiger charge is 2.29. The third-order valence-electron chi connectivity index (χ3n) is 2.27. The molecule has 1 amide bonds. The summed E-state index contributed by atoms with van der Waals surface area (Å²) < 4.78 is 0. The van der Waals surface area contributed by atoms with E-state index < -0.39 is 0 Å². The molecule has 0 atom stereocenters. The van der Waals surface area contributed by atoms with Crippen LogP contribution in [0.15, 0.2) is 11.4 Å². The molecule has 76 valence electrons. The molecule has 14 heavy (non-hydrogen) atoms. The van der Waals surface area contributed by atoms with Crippen LogP contribution in [-0.4, -0.2) is 23.2 Å². The van der Waals surface area contributed by atoms with Gasteiger partial charge in [0.2, 0.25) is 0 Å². The molecule has 3 nitrogen and oxygen atoms in total. The number of amides is 1. The van der Waals surface area contributed by atoms with Crippen LogP contribution in [-0.2, 0) is 0 Å². The molecule has 1 aliphatic carbocycles. The van der Waals surface area contributed by atoms with E-state index in [9.17, 15) is 4.79 Å². The molecule has 2 N–H and O–H groups in total. The Hall–Kier alpha value is -0.580. The van der Waals surface area contributed by atoms with Crippen LogP contribution in [0.4, 0.5) is 0 Å². The maximum Gasteiger partial charge on any atom is 0.263 e. The molecule has 0 unspecified atom stereocenters. The molecule has 0 saturated heterocycles. The van der Waals surface area contributed by atoms with E-state index in [2.05, 4.69) is 5.32 Å². The van der Waals surface area contributed by atoms with Gasteiger partial charge in [0.1, 0.15) is 4.88 Å². The van der Waals surface area contributed by atoms with E-state index in [0.29, 0.717) is 22.7 Å². The minimum atomic E-state index is -0.251. The summed E-state index contributed by atoms with van der Waals surface area (Å²) in [5.74, 6) is -0.137. The molecule has 0 radical (unpaired) electrons. The van der Waals surface area contributed by atoms with E-state index in [1.54, 1.807) is 11.4 Å². The van der Waals surface area contributed by atoms with Crippen LogP contribution in [0.2, 0.25) is 5.02 Å². The lowest BCUT2D eigenvalue weighted by atomic mass is 9.89. The molecule has 0 bridgehead atoms. The van der Waals surface area contributed by atoms with Gasteiger partial charge in [-0.2, -0.15) is 0 Å². The van der Waals surface area contributed by atoms with Crippen molar-refractivity contribution in [3.63, 3.8) is 0 Å². The Morgan fingerprint density at radius 1 is 1.64 bits per heavy atom. The first-order valence-corrected chi connectivity index (χ1v) is 5.64. The minimum absolute atomic E-state index is 0.107. The highest BCUT2D eigenvalue weighted by atomic mass is 35.5. The lowest BCUT2D eigenvalue weighted by Crippen LogP contribution is -2.46. The molecule has 0 aliphatic heterocycles. The lowest BCUT2D eigenvalue weighted by molar-refractivity contribution is 0.0564. The Morgan fingerprint density at radius 3 is 2.86 bits per heavy atom. The Bertz CT molecular complexity index is 346. The predicted octanol–water partition coefficient (Wildman–Crippen LogP) is 1.65. The highest BCUT2D eigenvalue weighted by Crippen LogP contribution is 2.24. The molecule has 1 aromatic heterocycles. The molecule has 0 spiro atoms. The summed E-state index contributed by atoms with van der Waals surface area (Å²) in [4.78, 5) is 12.1. The first kappa shape index (κ1) is 9.96. The van der Waals surface area contributed by atoms with Crippen LogP contribution >= 0.6 is 22.9 Å². The zero-order chi connectivity index (χ0) is 10.1. The normalized spacial score (nSPS) is 25.6. The average Bonchev–Trinajstić information content (AvgIpc) is 2.48. The van der Waals surface area contributed by atoms with E-state index >= 15 is 0 Å². The van der Waals surface area contributed by atoms with E-state index in [0.717, 1.165) is 0 Å². The topological polar surface area (TPSA) is 49.3 Å². The number of aliphatic hydroxyl groups excluding tert-OH is 1. The standard InChI is InChI=1S/C9H10ClNO2S/c10-7-1-2-14-8(7)9(13)11-5-3-6(12)4-5/h1-2,5-6,12H,3-4H2,(H,11,13). The molecule has 1 heterocycles. The number of hydrogen-bond donors (Lipinski definition) is 2. The number of nitrogens with one attached hydrogen (secondary N) is 1. The van der Waals surface area contributed by atoms with Gasteiger partial charge >= 0.3 is 0 Å². The van der Waals surface area contributed by atoms with Gasteiger partial charge in [0.25, 0.3) is 5.91 Å². The van der Waals surface area contributed by atoms with Gasteiger partial charge in [-0.3, -0.25) is 4.79 Å². The van der Waals surface area contributed by atoms with Crippen LogP contribution in [0, 0.1) is 0 Å². The van der Waals surface area contributed by atoms with Crippen molar-refractivity contribution < 1.29 is 9.90 Å². The molecule has 1 aliphatic rings. The van der Waals surface area contributed by atoms with E-state index in [-0.39, 0.29) is 18.1 Å². The second-order valence-corrected chi connectivity index (χ2v) is 4.72. The number of rotatable bonds is 2. The zero-order valence-electron chi connectivity index (χ0n) is 7.37. The number of carbonyl (C=O) groups excluding carboxylic acids is 1. The van der Waals surface area contributed by atoms with Crippen molar-refractivity contribution in [2.24, 2.45) is 0 Å². The fourth-order valence-corrected chi connectivity index (χ4v) is 2.46. The Morgan fingerprint density at radius 2 is 2.36 bits per heavy atom. The minimum Gasteiger partial charge on any atom is -0.393 e. The van der Waals surface area contributed by atoms with Crippen LogP contribution in [0.3, 0.4) is 0 Å². The van der Waals surface area contributed by atoms with Crippen molar-refractivity contribution in [3.8, 4) is 0 Å². The van der Waals surface area contributed by atoms with Crippen molar-refractivity contribution in [1.82, 2.24) is 5.32 Å². The fraction of sp³-hybridized carbons (Fsp3) is 0.444. The molecular weight excluding hydrogens is 222 g/mol. The summed E-state index contributed by atoms with van der Waals surface area (Å²) >= 11 is 7.14. The van der Waals surface area contributed by atoms with Crippen molar-refractivity contribution in [3.05, 3.63) is 21.3 Å². The monoisotopic (exact) mass is 231 g/mol. The second kappa shape index (κ2) is 3.88. The Labute approximate surface area is 90.7 Å². The number of thiophene rings is 1. The van der Waals surface area contributed by atoms with Gasteiger partial charge in [0.05, 0.1) is 11.1 Å². The van der Waals surface area contributed by atoms with Gasteiger partial charge in [-0.05, 0) is 24.3 Å². The predicted molar refractivity (Wildman–Crippen MR) is 55.8 cm³/mol. The summed E-state index contributed by atoms with van der Waals surface area (Å²) in [6.07, 6.45) is 1.04. The number of carbonyl (C=O) groups is 1. The molecule has 1 saturated carbocycles. The fourth-order valence-electron chi connectivity index (χ4n) is 1.41. The Kier molecular flexibility index (Phi) is 2.76. The van der Waals surface area contributed by atoms with Crippen molar-refractivity contribution in [2.45, 2.75) is 25.0 Å². The van der Waals surface area contributed by atoms with Crippen LogP contribution in [0.1, 0.15) is 22.5 Å². The smallest absolute Gasteiger partial charge is 0.263 e. The van der Waals surface area contributed by atoms with Gasteiger partial charge < -0.3 is 10.4 Å². The molecule has 1 aromatic rings. The summed E-state index contributed by atoms with van der Waals surface area (Å²) in [7, 11) is 0. The molecule has 0 aromatic carbocycles. The van der Waals surface area contributed by atoms with E-state index in [1.807, 2.05) is 0 Å². The summed E-state index contributed by atoms with van der Waals surface area (Å²) in [5.41, 5.74) is 0. The van der Waals surface area contributed by atoms with Crippen molar-refractivity contribution >= 4 is 28.8 Å². The number of aliphatic hydroxyl groups is 1. The van der Waals surface area contributed by atoms with E-state index in [4.69, 9.17) is 16.7 Å². The maximum absolute atomic E-state index is 11.6.